The van der Waals surface area contributed by atoms with Gasteiger partial charge < -0.3 is 14.6 Å². The van der Waals surface area contributed by atoms with E-state index in [0.29, 0.717) is 18.7 Å². The van der Waals surface area contributed by atoms with Gasteiger partial charge in [-0.1, -0.05) is 0 Å². The van der Waals surface area contributed by atoms with E-state index >= 15 is 0 Å². The topological polar surface area (TPSA) is 66.4 Å². The molecule has 2 aliphatic rings. The number of nitrogens with zero attached hydrogens (tertiary/aromatic N) is 4. The monoisotopic (exact) mass is 343 g/mol. The Bertz CT molecular complexity index is 744. The molecular weight excluding hydrogens is 318 g/mol. The van der Waals surface area contributed by atoms with Gasteiger partial charge in [0.1, 0.15) is 0 Å². The largest absolute Gasteiger partial charge is 0.379 e. The first-order valence-corrected chi connectivity index (χ1v) is 8.95. The number of aromatic nitrogens is 3. The van der Waals surface area contributed by atoms with Crippen LogP contribution in [0.5, 0.6) is 0 Å². The van der Waals surface area contributed by atoms with E-state index in [1.807, 2.05) is 11.0 Å². The van der Waals surface area contributed by atoms with Crippen LogP contribution in [0, 0.1) is 0 Å². The SMILES string of the molecule is CC(C)n1nc(CN2CCOCC2)c2c1CN(C(=O)c1cc[nH]c1)C2. The Morgan fingerprint density at radius 1 is 1.32 bits per heavy atom. The summed E-state index contributed by atoms with van der Waals surface area (Å²) in [5.41, 5.74) is 4.23. The maximum Gasteiger partial charge on any atom is 0.256 e. The van der Waals surface area contributed by atoms with Crippen LogP contribution in [0.2, 0.25) is 0 Å². The van der Waals surface area contributed by atoms with Crippen LogP contribution in [0.25, 0.3) is 0 Å². The lowest BCUT2D eigenvalue weighted by molar-refractivity contribution is 0.0333. The number of ether oxygens (including phenoxy) is 1. The fraction of sp³-hybridized carbons (Fsp3) is 0.556. The van der Waals surface area contributed by atoms with Crippen molar-refractivity contribution in [3.8, 4) is 0 Å². The van der Waals surface area contributed by atoms with Crippen LogP contribution in [0.15, 0.2) is 18.5 Å². The first-order chi connectivity index (χ1) is 12.1. The molecule has 2 aromatic rings. The molecule has 4 heterocycles. The van der Waals surface area contributed by atoms with Crippen LogP contribution in [-0.4, -0.2) is 56.8 Å². The molecule has 4 rings (SSSR count). The molecule has 0 saturated carbocycles. The zero-order valence-electron chi connectivity index (χ0n) is 14.9. The number of fused-ring (bicyclic) bond motifs is 1. The lowest BCUT2D eigenvalue weighted by atomic mass is 10.2. The number of carbonyl (C=O) groups is 1. The third-order valence-electron chi connectivity index (χ3n) is 4.99. The second-order valence-corrected chi connectivity index (χ2v) is 7.06. The van der Waals surface area contributed by atoms with E-state index in [4.69, 9.17) is 9.84 Å². The number of amides is 1. The Hall–Kier alpha value is -2.12. The standard InChI is InChI=1S/C18H25N5O2/c1-13(2)23-17-12-22(18(24)14-3-4-19-9-14)10-15(17)16(20-23)11-21-5-7-25-8-6-21/h3-4,9,13,19H,5-8,10-12H2,1-2H3. The molecule has 7 heteroatoms. The molecule has 1 amide bonds. The summed E-state index contributed by atoms with van der Waals surface area (Å²) in [4.78, 5) is 20.0. The number of aromatic amines is 1. The minimum Gasteiger partial charge on any atom is -0.379 e. The number of nitrogens with one attached hydrogen (secondary N) is 1. The zero-order chi connectivity index (χ0) is 17.4. The molecule has 0 aliphatic carbocycles. The minimum absolute atomic E-state index is 0.0741. The lowest BCUT2D eigenvalue weighted by Crippen LogP contribution is -2.36. The second-order valence-electron chi connectivity index (χ2n) is 7.06. The average Bonchev–Trinajstić information content (AvgIpc) is 3.33. The predicted octanol–water partition coefficient (Wildman–Crippen LogP) is 1.78. The Labute approximate surface area is 147 Å². The molecule has 25 heavy (non-hydrogen) atoms. The molecule has 7 nitrogen and oxygen atoms in total. The molecule has 1 saturated heterocycles. The fourth-order valence-corrected chi connectivity index (χ4v) is 3.64. The molecule has 0 radical (unpaired) electrons. The number of rotatable bonds is 4. The van der Waals surface area contributed by atoms with Crippen LogP contribution >= 0.6 is 0 Å². The molecule has 0 atom stereocenters. The van der Waals surface area contributed by atoms with Crippen molar-refractivity contribution in [1.82, 2.24) is 24.6 Å². The molecule has 1 N–H and O–H groups in total. The van der Waals surface area contributed by atoms with E-state index in [1.165, 1.54) is 11.3 Å². The summed E-state index contributed by atoms with van der Waals surface area (Å²) in [5, 5.41) is 4.87. The zero-order valence-corrected chi connectivity index (χ0v) is 14.9. The van der Waals surface area contributed by atoms with Gasteiger partial charge >= 0.3 is 0 Å². The third kappa shape index (κ3) is 3.09. The Balaban J connectivity index is 1.58. The van der Waals surface area contributed by atoms with Gasteiger partial charge in [-0.25, -0.2) is 0 Å². The van der Waals surface area contributed by atoms with Gasteiger partial charge in [-0.2, -0.15) is 5.10 Å². The van der Waals surface area contributed by atoms with Crippen LogP contribution in [-0.2, 0) is 24.4 Å². The average molecular weight is 343 g/mol. The molecule has 134 valence electrons. The van der Waals surface area contributed by atoms with Gasteiger partial charge in [-0.15, -0.1) is 0 Å². The van der Waals surface area contributed by atoms with E-state index in [-0.39, 0.29) is 11.9 Å². The molecule has 0 bridgehead atoms. The van der Waals surface area contributed by atoms with Crippen molar-refractivity contribution in [3.63, 3.8) is 0 Å². The van der Waals surface area contributed by atoms with E-state index in [0.717, 1.165) is 38.5 Å². The highest BCUT2D eigenvalue weighted by Crippen LogP contribution is 2.30. The van der Waals surface area contributed by atoms with Gasteiger partial charge in [0.05, 0.1) is 43.3 Å². The van der Waals surface area contributed by atoms with Crippen molar-refractivity contribution in [2.24, 2.45) is 0 Å². The van der Waals surface area contributed by atoms with Crippen LogP contribution in [0.4, 0.5) is 0 Å². The molecular formula is C18H25N5O2. The summed E-state index contributed by atoms with van der Waals surface area (Å²) in [7, 11) is 0. The van der Waals surface area contributed by atoms with Gasteiger partial charge in [0.2, 0.25) is 0 Å². The van der Waals surface area contributed by atoms with Crippen molar-refractivity contribution < 1.29 is 9.53 Å². The fourth-order valence-electron chi connectivity index (χ4n) is 3.64. The molecule has 0 aromatic carbocycles. The molecule has 0 spiro atoms. The van der Waals surface area contributed by atoms with Crippen LogP contribution in [0.3, 0.4) is 0 Å². The third-order valence-corrected chi connectivity index (χ3v) is 4.99. The summed E-state index contributed by atoms with van der Waals surface area (Å²) in [6.45, 7) is 9.84. The van der Waals surface area contributed by atoms with Crippen molar-refractivity contribution in [2.45, 2.75) is 39.5 Å². The highest BCUT2D eigenvalue weighted by atomic mass is 16.5. The van der Waals surface area contributed by atoms with E-state index in [2.05, 4.69) is 28.4 Å². The maximum absolute atomic E-state index is 12.7. The number of morpholine rings is 1. The van der Waals surface area contributed by atoms with Gasteiger partial charge in [0.25, 0.3) is 5.91 Å². The lowest BCUT2D eigenvalue weighted by Gasteiger charge is -2.26. The van der Waals surface area contributed by atoms with Crippen molar-refractivity contribution in [1.29, 1.82) is 0 Å². The quantitative estimate of drug-likeness (QED) is 0.919. The summed E-state index contributed by atoms with van der Waals surface area (Å²) < 4.78 is 7.53. The first-order valence-electron chi connectivity index (χ1n) is 8.95. The van der Waals surface area contributed by atoms with Gasteiger partial charge in [-0.3, -0.25) is 14.4 Å². The number of carbonyl (C=O) groups excluding carboxylic acids is 1. The number of H-pyrrole nitrogens is 1. The maximum atomic E-state index is 12.7. The number of hydrogen-bond acceptors (Lipinski definition) is 4. The van der Waals surface area contributed by atoms with E-state index in [9.17, 15) is 4.79 Å². The summed E-state index contributed by atoms with van der Waals surface area (Å²) in [5.74, 6) is 0.0741. The van der Waals surface area contributed by atoms with Crippen LogP contribution in [0.1, 0.15) is 47.2 Å². The highest BCUT2D eigenvalue weighted by molar-refractivity contribution is 5.94. The summed E-state index contributed by atoms with van der Waals surface area (Å²) in [6, 6.07) is 2.11. The Morgan fingerprint density at radius 2 is 2.12 bits per heavy atom. The highest BCUT2D eigenvalue weighted by Gasteiger charge is 2.32. The number of hydrogen-bond donors (Lipinski definition) is 1. The molecule has 2 aliphatic heterocycles. The molecule has 0 unspecified atom stereocenters. The normalized spacial score (nSPS) is 18.1. The van der Waals surface area contributed by atoms with Gasteiger partial charge in [0, 0.05) is 43.6 Å². The molecule has 2 aromatic heterocycles. The Morgan fingerprint density at radius 3 is 2.80 bits per heavy atom. The van der Waals surface area contributed by atoms with Gasteiger partial charge in [-0.05, 0) is 19.9 Å². The molecule has 1 fully saturated rings. The van der Waals surface area contributed by atoms with E-state index < -0.39 is 0 Å². The first kappa shape index (κ1) is 16.4. The van der Waals surface area contributed by atoms with Crippen LogP contribution < -0.4 is 0 Å². The van der Waals surface area contributed by atoms with Crippen molar-refractivity contribution in [3.05, 3.63) is 41.0 Å². The Kier molecular flexibility index (Phi) is 4.35. The van der Waals surface area contributed by atoms with Crippen molar-refractivity contribution in [2.75, 3.05) is 26.3 Å². The van der Waals surface area contributed by atoms with E-state index in [1.54, 1.807) is 12.4 Å². The summed E-state index contributed by atoms with van der Waals surface area (Å²) >= 11 is 0. The second kappa shape index (κ2) is 6.65. The smallest absolute Gasteiger partial charge is 0.256 e. The predicted molar refractivity (Wildman–Crippen MR) is 93.1 cm³/mol. The summed E-state index contributed by atoms with van der Waals surface area (Å²) in [6.07, 6.45) is 3.55. The van der Waals surface area contributed by atoms with Gasteiger partial charge in [0.15, 0.2) is 0 Å². The van der Waals surface area contributed by atoms with Crippen molar-refractivity contribution >= 4 is 5.91 Å². The minimum atomic E-state index is 0.0741.